The summed E-state index contributed by atoms with van der Waals surface area (Å²) < 4.78 is 17.5. The number of nitrogens with one attached hydrogen (secondary N) is 2. The van der Waals surface area contributed by atoms with Gasteiger partial charge in [-0.1, -0.05) is 12.1 Å². The minimum atomic E-state index is -0.236. The number of aromatic amines is 1. The van der Waals surface area contributed by atoms with Gasteiger partial charge in [0.2, 0.25) is 0 Å². The summed E-state index contributed by atoms with van der Waals surface area (Å²) in [6.07, 6.45) is 12.2. The molecule has 1 fully saturated rings. The Labute approximate surface area is 208 Å². The first kappa shape index (κ1) is 23.3. The van der Waals surface area contributed by atoms with Crippen molar-refractivity contribution >= 4 is 23.4 Å². The van der Waals surface area contributed by atoms with Crippen molar-refractivity contribution in [3.63, 3.8) is 0 Å². The zero-order chi connectivity index (χ0) is 23.1. The van der Waals surface area contributed by atoms with E-state index in [0.717, 1.165) is 70.5 Å². The fourth-order valence-electron chi connectivity index (χ4n) is 4.83. The van der Waals surface area contributed by atoms with E-state index in [9.17, 15) is 4.39 Å². The van der Waals surface area contributed by atoms with Crippen LogP contribution in [0.5, 0.6) is 0 Å². The predicted molar refractivity (Wildman–Crippen MR) is 137 cm³/mol. The molecule has 5 aromatic rings. The number of rotatable bonds is 5. The van der Waals surface area contributed by atoms with E-state index in [1.165, 1.54) is 6.07 Å². The van der Waals surface area contributed by atoms with Crippen molar-refractivity contribution in [3.8, 4) is 22.3 Å². The van der Waals surface area contributed by atoms with Crippen molar-refractivity contribution in [2.45, 2.75) is 32.4 Å². The van der Waals surface area contributed by atoms with Crippen molar-refractivity contribution in [1.29, 1.82) is 0 Å². The molecule has 0 unspecified atom stereocenters. The summed E-state index contributed by atoms with van der Waals surface area (Å²) in [5.41, 5.74) is 6.83. The number of pyridine rings is 1. The van der Waals surface area contributed by atoms with Crippen LogP contribution < -0.4 is 5.32 Å². The quantitative estimate of drug-likeness (QED) is 0.357. The second-order valence-corrected chi connectivity index (χ2v) is 8.97. The number of H-pyrrole nitrogens is 1. The number of aryl methyl sites for hydroxylation is 1. The Morgan fingerprint density at radius 3 is 2.74 bits per heavy atom. The molecular weight excluding hydrogens is 465 g/mol. The Kier molecular flexibility index (Phi) is 6.40. The second-order valence-electron chi connectivity index (χ2n) is 8.97. The Bertz CT molecular complexity index is 1460. The highest BCUT2D eigenvalue weighted by molar-refractivity contribution is 5.96. The van der Waals surface area contributed by atoms with Crippen molar-refractivity contribution in [3.05, 3.63) is 78.4 Å². The number of halogens is 2. The lowest BCUT2D eigenvalue weighted by Gasteiger charge is -2.22. The van der Waals surface area contributed by atoms with Crippen molar-refractivity contribution in [2.24, 2.45) is 0 Å². The highest BCUT2D eigenvalue weighted by Gasteiger charge is 2.18. The van der Waals surface area contributed by atoms with E-state index in [4.69, 9.17) is 0 Å². The van der Waals surface area contributed by atoms with E-state index in [1.54, 1.807) is 12.1 Å². The van der Waals surface area contributed by atoms with Crippen LogP contribution in [-0.4, -0.2) is 42.6 Å². The van der Waals surface area contributed by atoms with E-state index in [0.29, 0.717) is 12.6 Å². The zero-order valence-corrected chi connectivity index (χ0v) is 20.2. The summed E-state index contributed by atoms with van der Waals surface area (Å²) in [4.78, 5) is 7.96. The number of aromatic nitrogens is 6. The normalized spacial score (nSPS) is 14.3. The van der Waals surface area contributed by atoms with Gasteiger partial charge in [0.05, 0.1) is 24.5 Å². The molecule has 1 saturated heterocycles. The Morgan fingerprint density at radius 1 is 1.06 bits per heavy atom. The van der Waals surface area contributed by atoms with Gasteiger partial charge in [0, 0.05) is 52.4 Å². The molecule has 0 saturated carbocycles. The molecule has 2 N–H and O–H groups in total. The van der Waals surface area contributed by atoms with Gasteiger partial charge in [-0.15, -0.1) is 12.4 Å². The van der Waals surface area contributed by atoms with Gasteiger partial charge in [0.15, 0.2) is 0 Å². The predicted octanol–water partition coefficient (Wildman–Crippen LogP) is 5.13. The highest BCUT2D eigenvalue weighted by Crippen LogP contribution is 2.33. The van der Waals surface area contributed by atoms with Gasteiger partial charge in [-0.25, -0.2) is 9.37 Å². The van der Waals surface area contributed by atoms with Gasteiger partial charge in [-0.3, -0.25) is 9.36 Å². The van der Waals surface area contributed by atoms with Crippen LogP contribution in [0.2, 0.25) is 0 Å². The molecule has 9 heteroatoms. The topological polar surface area (TPSA) is 76.3 Å². The van der Waals surface area contributed by atoms with Gasteiger partial charge >= 0.3 is 0 Å². The molecule has 0 atom stereocenters. The van der Waals surface area contributed by atoms with E-state index < -0.39 is 0 Å². The molecule has 0 radical (unpaired) electrons. The molecule has 1 aliphatic heterocycles. The molecule has 0 aliphatic carbocycles. The number of hydrogen-bond donors (Lipinski definition) is 2. The summed E-state index contributed by atoms with van der Waals surface area (Å²) in [5.74, 6) is -0.236. The van der Waals surface area contributed by atoms with Crippen LogP contribution in [-0.2, 0) is 6.54 Å². The molecule has 7 nitrogen and oxygen atoms in total. The number of hydrogen-bond acceptors (Lipinski definition) is 4. The molecule has 0 amide bonds. The van der Waals surface area contributed by atoms with Crippen molar-refractivity contribution in [2.75, 3.05) is 13.1 Å². The standard InChI is InChI=1S/C26H26FN7.ClH/c1-17-25(16-33(32-17)14-18-3-2-4-21(27)9-18)24-13-30-26-23(24)10-19(11-29-26)20-12-31-34(15-20)22-5-7-28-8-6-22;/h2-4,9-13,15-16,22,28H,5-8,14H2,1H3,(H,29,30);1H. The summed E-state index contributed by atoms with van der Waals surface area (Å²) >= 11 is 0. The third-order valence-corrected chi connectivity index (χ3v) is 6.62. The van der Waals surface area contributed by atoms with E-state index >= 15 is 0 Å². The van der Waals surface area contributed by atoms with Gasteiger partial charge in [0.1, 0.15) is 11.5 Å². The Balaban J connectivity index is 0.00000253. The number of benzene rings is 1. The maximum absolute atomic E-state index is 13.6. The van der Waals surface area contributed by atoms with Crippen LogP contribution >= 0.6 is 12.4 Å². The first-order chi connectivity index (χ1) is 16.6. The maximum atomic E-state index is 13.6. The second kappa shape index (κ2) is 9.64. The summed E-state index contributed by atoms with van der Waals surface area (Å²) in [5, 5.41) is 13.8. The van der Waals surface area contributed by atoms with Gasteiger partial charge < -0.3 is 10.3 Å². The Hall–Kier alpha value is -3.49. The van der Waals surface area contributed by atoms with Crippen LogP contribution in [0.3, 0.4) is 0 Å². The Morgan fingerprint density at radius 2 is 1.91 bits per heavy atom. The fourth-order valence-corrected chi connectivity index (χ4v) is 4.83. The minimum absolute atomic E-state index is 0. The van der Waals surface area contributed by atoms with Gasteiger partial charge in [-0.05, 0) is 56.6 Å². The molecule has 1 aromatic carbocycles. The largest absolute Gasteiger partial charge is 0.346 e. The van der Waals surface area contributed by atoms with E-state index in [2.05, 4.69) is 42.4 Å². The molecule has 180 valence electrons. The lowest BCUT2D eigenvalue weighted by atomic mass is 10.0. The van der Waals surface area contributed by atoms with Crippen molar-refractivity contribution in [1.82, 2.24) is 34.8 Å². The van der Waals surface area contributed by atoms with Crippen LogP contribution in [0.1, 0.15) is 30.1 Å². The number of piperidine rings is 1. The lowest BCUT2D eigenvalue weighted by molar-refractivity contribution is 0.343. The third kappa shape index (κ3) is 4.59. The number of fused-ring (bicyclic) bond motifs is 1. The molecule has 6 rings (SSSR count). The first-order valence-corrected chi connectivity index (χ1v) is 11.7. The van der Waals surface area contributed by atoms with Crippen LogP contribution in [0, 0.1) is 12.7 Å². The highest BCUT2D eigenvalue weighted by atomic mass is 35.5. The summed E-state index contributed by atoms with van der Waals surface area (Å²) in [6.45, 7) is 4.58. The molecule has 0 bridgehead atoms. The zero-order valence-electron chi connectivity index (χ0n) is 19.4. The molecule has 4 aromatic heterocycles. The van der Waals surface area contributed by atoms with Crippen molar-refractivity contribution < 1.29 is 4.39 Å². The molecule has 35 heavy (non-hydrogen) atoms. The average Bonchev–Trinajstić information content (AvgIpc) is 3.58. The van der Waals surface area contributed by atoms with E-state index in [1.807, 2.05) is 42.5 Å². The van der Waals surface area contributed by atoms with E-state index in [-0.39, 0.29) is 18.2 Å². The summed E-state index contributed by atoms with van der Waals surface area (Å²) in [7, 11) is 0. The van der Waals surface area contributed by atoms with Crippen LogP contribution in [0.25, 0.3) is 33.3 Å². The van der Waals surface area contributed by atoms with Gasteiger partial charge in [0.25, 0.3) is 0 Å². The monoisotopic (exact) mass is 491 g/mol. The molecule has 1 aliphatic rings. The first-order valence-electron chi connectivity index (χ1n) is 11.7. The molecular formula is C26H27ClFN7. The SMILES string of the molecule is Cc1nn(Cc2cccc(F)c2)cc1-c1c[nH]c2ncc(-c3cnn(C4CCNCC4)c3)cc12.Cl. The third-order valence-electron chi connectivity index (χ3n) is 6.62. The summed E-state index contributed by atoms with van der Waals surface area (Å²) in [6, 6.07) is 9.24. The average molecular weight is 492 g/mol. The number of nitrogens with zero attached hydrogens (tertiary/aromatic N) is 5. The molecule has 5 heterocycles. The smallest absolute Gasteiger partial charge is 0.137 e. The van der Waals surface area contributed by atoms with Gasteiger partial charge in [-0.2, -0.15) is 10.2 Å². The fraction of sp³-hybridized carbons (Fsp3) is 0.269. The van der Waals surface area contributed by atoms with Crippen LogP contribution in [0.15, 0.2) is 61.3 Å². The maximum Gasteiger partial charge on any atom is 0.137 e. The lowest BCUT2D eigenvalue weighted by Crippen LogP contribution is -2.29. The van der Waals surface area contributed by atoms with Crippen LogP contribution in [0.4, 0.5) is 4.39 Å². The molecule has 0 spiro atoms. The minimum Gasteiger partial charge on any atom is -0.346 e.